The van der Waals surface area contributed by atoms with E-state index in [4.69, 9.17) is 0 Å². The van der Waals surface area contributed by atoms with Gasteiger partial charge in [-0.05, 0) is 75.3 Å². The second-order valence-electron chi connectivity index (χ2n) is 11.3. The lowest BCUT2D eigenvalue weighted by Gasteiger charge is -2.09. The van der Waals surface area contributed by atoms with Crippen LogP contribution >= 0.6 is 22.7 Å². The molecule has 0 fully saturated rings. The van der Waals surface area contributed by atoms with Gasteiger partial charge >= 0.3 is 0 Å². The van der Waals surface area contributed by atoms with E-state index >= 15 is 0 Å². The van der Waals surface area contributed by atoms with Gasteiger partial charge in [-0.2, -0.15) is 0 Å². The summed E-state index contributed by atoms with van der Waals surface area (Å²) in [6, 6.07) is 57.7. The first-order valence-corrected chi connectivity index (χ1v) is 16.6. The molecule has 2 aromatic heterocycles. The first-order chi connectivity index (χ1) is 21.8. The van der Waals surface area contributed by atoms with Crippen molar-refractivity contribution in [3.05, 3.63) is 158 Å². The third-order valence-corrected chi connectivity index (χ3v) is 11.0. The number of rotatable bonds is 4. The number of hydrogen-bond acceptors (Lipinski definition) is 2. The van der Waals surface area contributed by atoms with Crippen molar-refractivity contribution in [2.45, 2.75) is 0 Å². The molecule has 0 aliphatic carbocycles. The van der Waals surface area contributed by atoms with Gasteiger partial charge in [0.2, 0.25) is 0 Å². The minimum atomic E-state index is 1.24. The van der Waals surface area contributed by atoms with Crippen molar-refractivity contribution >= 4 is 63.0 Å². The van der Waals surface area contributed by atoms with Crippen LogP contribution in [0.3, 0.4) is 0 Å². The molecular formula is C42H26S2. The van der Waals surface area contributed by atoms with E-state index in [1.54, 1.807) is 0 Å². The van der Waals surface area contributed by atoms with Gasteiger partial charge in [0.1, 0.15) is 0 Å². The normalized spacial score (nSPS) is 11.6. The summed E-state index contributed by atoms with van der Waals surface area (Å²) in [5.74, 6) is 0. The number of thiophene rings is 2. The van der Waals surface area contributed by atoms with Crippen LogP contribution < -0.4 is 0 Å². The van der Waals surface area contributed by atoms with Crippen molar-refractivity contribution in [3.8, 4) is 44.5 Å². The maximum absolute atomic E-state index is 2.45. The zero-order valence-electron chi connectivity index (χ0n) is 23.8. The fourth-order valence-electron chi connectivity index (χ4n) is 6.54. The molecule has 0 bridgehead atoms. The van der Waals surface area contributed by atoms with Crippen LogP contribution in [0.1, 0.15) is 0 Å². The fraction of sp³-hybridized carbons (Fsp3) is 0. The van der Waals surface area contributed by atoms with E-state index in [9.17, 15) is 0 Å². The van der Waals surface area contributed by atoms with Crippen LogP contribution in [-0.2, 0) is 0 Å². The van der Waals surface area contributed by atoms with Gasteiger partial charge in [-0.3, -0.25) is 0 Å². The summed E-state index contributed by atoms with van der Waals surface area (Å²) < 4.78 is 5.34. The van der Waals surface area contributed by atoms with E-state index < -0.39 is 0 Å². The smallest absolute Gasteiger partial charge is 0.0441 e. The van der Waals surface area contributed by atoms with E-state index in [1.165, 1.54) is 84.9 Å². The molecule has 2 heteroatoms. The highest BCUT2D eigenvalue weighted by molar-refractivity contribution is 7.28. The van der Waals surface area contributed by atoms with Crippen LogP contribution in [0.15, 0.2) is 158 Å². The van der Waals surface area contributed by atoms with Gasteiger partial charge in [0.15, 0.2) is 0 Å². The zero-order chi connectivity index (χ0) is 29.0. The third kappa shape index (κ3) is 4.18. The molecule has 0 amide bonds. The maximum Gasteiger partial charge on any atom is 0.0441 e. The fourth-order valence-corrected chi connectivity index (χ4v) is 8.90. The number of benzene rings is 7. The lowest BCUT2D eigenvalue weighted by Crippen LogP contribution is -1.83. The van der Waals surface area contributed by atoms with Crippen LogP contribution in [-0.4, -0.2) is 0 Å². The second kappa shape index (κ2) is 10.3. The molecule has 0 saturated heterocycles. The van der Waals surface area contributed by atoms with Gasteiger partial charge in [-0.15, -0.1) is 22.7 Å². The zero-order valence-corrected chi connectivity index (χ0v) is 25.5. The Balaban J connectivity index is 1.37. The van der Waals surface area contributed by atoms with E-state index in [0.717, 1.165) is 0 Å². The molecule has 0 nitrogen and oxygen atoms in total. The number of hydrogen-bond donors (Lipinski definition) is 0. The first-order valence-electron chi connectivity index (χ1n) is 14.9. The van der Waals surface area contributed by atoms with Crippen LogP contribution in [0.25, 0.3) is 84.9 Å². The van der Waals surface area contributed by atoms with Crippen LogP contribution in [0.2, 0.25) is 0 Å². The molecule has 9 aromatic rings. The predicted octanol–water partition coefficient (Wildman–Crippen LogP) is 13.1. The van der Waals surface area contributed by atoms with E-state index in [-0.39, 0.29) is 0 Å². The summed E-state index contributed by atoms with van der Waals surface area (Å²) in [6.45, 7) is 0. The summed E-state index contributed by atoms with van der Waals surface area (Å²) in [5, 5.41) is 5.42. The molecule has 0 unspecified atom stereocenters. The third-order valence-electron chi connectivity index (χ3n) is 8.67. The van der Waals surface area contributed by atoms with E-state index in [0.29, 0.717) is 0 Å². The second-order valence-corrected chi connectivity index (χ2v) is 13.4. The summed E-state index contributed by atoms with van der Waals surface area (Å²) in [6.07, 6.45) is 0. The van der Waals surface area contributed by atoms with Gasteiger partial charge in [-0.25, -0.2) is 0 Å². The number of fused-ring (bicyclic) bond motifs is 7. The van der Waals surface area contributed by atoms with Crippen molar-refractivity contribution < 1.29 is 0 Å². The molecule has 44 heavy (non-hydrogen) atoms. The Bertz CT molecular complexity index is 2470. The van der Waals surface area contributed by atoms with Gasteiger partial charge in [0, 0.05) is 45.9 Å². The highest BCUT2D eigenvalue weighted by Gasteiger charge is 2.19. The Morgan fingerprint density at radius 3 is 1.36 bits per heavy atom. The molecule has 0 radical (unpaired) electrons. The summed E-state index contributed by atoms with van der Waals surface area (Å²) >= 11 is 3.83. The van der Waals surface area contributed by atoms with Crippen molar-refractivity contribution in [1.29, 1.82) is 0 Å². The molecule has 0 N–H and O–H groups in total. The van der Waals surface area contributed by atoms with Crippen LogP contribution in [0.5, 0.6) is 0 Å². The first kappa shape index (κ1) is 25.5. The summed E-state index contributed by atoms with van der Waals surface area (Å²) in [7, 11) is 0. The summed E-state index contributed by atoms with van der Waals surface area (Å²) in [5.41, 5.74) is 10.1. The predicted molar refractivity (Wildman–Crippen MR) is 194 cm³/mol. The molecule has 0 aliphatic rings. The van der Waals surface area contributed by atoms with Crippen molar-refractivity contribution in [3.63, 3.8) is 0 Å². The van der Waals surface area contributed by atoms with Crippen molar-refractivity contribution in [1.82, 2.24) is 0 Å². The Labute approximate surface area is 264 Å². The van der Waals surface area contributed by atoms with Crippen LogP contribution in [0.4, 0.5) is 0 Å². The van der Waals surface area contributed by atoms with Gasteiger partial charge in [0.25, 0.3) is 0 Å². The average Bonchev–Trinajstić information content (AvgIpc) is 3.66. The molecule has 0 aliphatic heterocycles. The Kier molecular flexibility index (Phi) is 5.97. The minimum Gasteiger partial charge on any atom is -0.135 e. The lowest BCUT2D eigenvalue weighted by molar-refractivity contribution is 1.61. The minimum absolute atomic E-state index is 1.24. The molecule has 0 atom stereocenters. The average molecular weight is 595 g/mol. The van der Waals surface area contributed by atoms with Crippen LogP contribution in [0, 0.1) is 0 Å². The highest BCUT2D eigenvalue weighted by Crippen LogP contribution is 2.50. The Hall–Kier alpha value is -5.02. The molecule has 2 heterocycles. The molecule has 9 rings (SSSR count). The van der Waals surface area contributed by atoms with Crippen molar-refractivity contribution in [2.24, 2.45) is 0 Å². The highest BCUT2D eigenvalue weighted by atomic mass is 32.1. The molecule has 7 aromatic carbocycles. The SMILES string of the molecule is c1ccc(-c2cccc(-c3cc4sc5ccc(-c6ccccc6)cc5c4c4c3sc3ccc(-c5ccccc5)cc34)c2)cc1. The van der Waals surface area contributed by atoms with Gasteiger partial charge in [-0.1, -0.05) is 121 Å². The van der Waals surface area contributed by atoms with Gasteiger partial charge < -0.3 is 0 Å². The monoisotopic (exact) mass is 594 g/mol. The van der Waals surface area contributed by atoms with Crippen molar-refractivity contribution in [2.75, 3.05) is 0 Å². The molecule has 0 spiro atoms. The topological polar surface area (TPSA) is 0 Å². The standard InChI is InChI=1S/C42H26S2/c1-4-11-27(12-5-1)30-17-10-18-33(23-30)34-26-39-40(35-24-31(19-21-37(35)43-39)28-13-6-2-7-14-28)41-36-25-32(29-15-8-3-9-16-29)20-22-38(36)44-42(34)41/h1-26H. The molecule has 206 valence electrons. The van der Waals surface area contributed by atoms with E-state index in [1.807, 2.05) is 22.7 Å². The largest absolute Gasteiger partial charge is 0.135 e. The molecular weight excluding hydrogens is 569 g/mol. The Morgan fingerprint density at radius 1 is 0.295 bits per heavy atom. The summed E-state index contributed by atoms with van der Waals surface area (Å²) in [4.78, 5) is 0. The maximum atomic E-state index is 2.45. The molecule has 0 saturated carbocycles. The lowest BCUT2D eigenvalue weighted by atomic mass is 9.94. The van der Waals surface area contributed by atoms with Gasteiger partial charge in [0.05, 0.1) is 0 Å². The Morgan fingerprint density at radius 2 is 0.773 bits per heavy atom. The quantitative estimate of drug-likeness (QED) is 0.190. The van der Waals surface area contributed by atoms with E-state index in [2.05, 4.69) is 158 Å².